The number of nitrogens with one attached hydrogen (secondary N) is 1. The molecule has 3 aromatic rings. The highest BCUT2D eigenvalue weighted by Crippen LogP contribution is 2.37. The topological polar surface area (TPSA) is 111 Å². The molecule has 0 amide bonds. The molecule has 1 saturated carbocycles. The van der Waals surface area contributed by atoms with Crippen molar-refractivity contribution >= 4 is 22.8 Å². The van der Waals surface area contributed by atoms with E-state index in [1.165, 1.54) is 0 Å². The van der Waals surface area contributed by atoms with Gasteiger partial charge in [-0.25, -0.2) is 9.97 Å². The van der Waals surface area contributed by atoms with Crippen molar-refractivity contribution in [1.82, 2.24) is 19.7 Å². The number of aromatic nitrogens is 4. The smallest absolute Gasteiger partial charge is 0.306 e. The normalized spacial score (nSPS) is 19.7. The van der Waals surface area contributed by atoms with E-state index in [1.54, 1.807) is 0 Å². The number of aliphatic carboxylic acids is 1. The van der Waals surface area contributed by atoms with Crippen LogP contribution in [-0.2, 0) is 24.8 Å². The van der Waals surface area contributed by atoms with Gasteiger partial charge in [-0.1, -0.05) is 19.4 Å². The average Bonchev–Trinajstić information content (AvgIpc) is 3.41. The van der Waals surface area contributed by atoms with Crippen molar-refractivity contribution in [3.8, 4) is 11.5 Å². The lowest BCUT2D eigenvalue weighted by molar-refractivity contribution is -0.142. The summed E-state index contributed by atoms with van der Waals surface area (Å²) in [6.07, 6.45) is 4.73. The Balaban J connectivity index is 1.46. The first-order valence-corrected chi connectivity index (χ1v) is 11.6. The van der Waals surface area contributed by atoms with Gasteiger partial charge >= 0.3 is 5.97 Å². The van der Waals surface area contributed by atoms with Crippen LogP contribution in [0.1, 0.15) is 62.0 Å². The highest BCUT2D eigenvalue weighted by Gasteiger charge is 2.29. The predicted octanol–water partition coefficient (Wildman–Crippen LogP) is 4.02. The minimum absolute atomic E-state index is 0.158. The third-order valence-corrected chi connectivity index (χ3v) is 6.59. The number of hydrogen-bond donors (Lipinski definition) is 2. The van der Waals surface area contributed by atoms with Gasteiger partial charge < -0.3 is 19.9 Å². The number of anilines is 1. The lowest BCUT2D eigenvalue weighted by atomic mass is 9.81. The molecule has 174 valence electrons. The molecule has 0 spiro atoms. The number of ether oxygens (including phenoxy) is 2. The lowest BCUT2D eigenvalue weighted by Gasteiger charge is -2.25. The number of nitrogens with zero attached hydrogens (tertiary/aromatic N) is 4. The third kappa shape index (κ3) is 4.19. The maximum atomic E-state index is 11.4. The summed E-state index contributed by atoms with van der Waals surface area (Å²) in [6, 6.07) is 5.91. The quantitative estimate of drug-likeness (QED) is 0.554. The van der Waals surface area contributed by atoms with Gasteiger partial charge in [-0.05, 0) is 49.8 Å². The minimum atomic E-state index is -0.701. The maximum Gasteiger partial charge on any atom is 0.306 e. The zero-order chi connectivity index (χ0) is 22.9. The Hall–Kier alpha value is -3.36. The van der Waals surface area contributed by atoms with E-state index in [2.05, 4.69) is 12.2 Å². The number of benzene rings is 1. The standard InChI is InChI=1S/C24H29N5O4/c1-3-4-17-20-21(29(2)28-17)23(25-12-14-5-10-18-19(11-14)33-13-32-18)27-22(26-20)15-6-8-16(9-7-15)24(30)31/h5,10-11,15-16H,3-4,6-9,12-13H2,1-2H3,(H,30,31)(H,25,26,27). The molecule has 9 heteroatoms. The maximum absolute atomic E-state index is 11.4. The molecule has 1 aliphatic carbocycles. The second kappa shape index (κ2) is 8.88. The van der Waals surface area contributed by atoms with E-state index >= 15 is 0 Å². The molecule has 2 aliphatic rings. The number of rotatable bonds is 7. The largest absolute Gasteiger partial charge is 0.481 e. The van der Waals surface area contributed by atoms with Gasteiger partial charge in [-0.2, -0.15) is 5.10 Å². The minimum Gasteiger partial charge on any atom is -0.481 e. The first-order chi connectivity index (χ1) is 16.0. The van der Waals surface area contributed by atoms with Gasteiger partial charge in [0.15, 0.2) is 17.3 Å². The number of aryl methyl sites for hydroxylation is 2. The third-order valence-electron chi connectivity index (χ3n) is 6.59. The molecule has 0 saturated heterocycles. The average molecular weight is 452 g/mol. The Morgan fingerprint density at radius 1 is 1.18 bits per heavy atom. The summed E-state index contributed by atoms with van der Waals surface area (Å²) in [6.45, 7) is 2.96. The van der Waals surface area contributed by atoms with E-state index in [4.69, 9.17) is 24.5 Å². The van der Waals surface area contributed by atoms with Crippen molar-refractivity contribution in [1.29, 1.82) is 0 Å². The molecular weight excluding hydrogens is 422 g/mol. The van der Waals surface area contributed by atoms with E-state index in [0.29, 0.717) is 19.4 Å². The second-order valence-corrected chi connectivity index (χ2v) is 8.88. The molecule has 3 heterocycles. The molecule has 0 bridgehead atoms. The summed E-state index contributed by atoms with van der Waals surface area (Å²) in [4.78, 5) is 21.2. The van der Waals surface area contributed by atoms with Crippen molar-refractivity contribution in [2.24, 2.45) is 13.0 Å². The first-order valence-electron chi connectivity index (χ1n) is 11.6. The molecule has 1 aromatic carbocycles. The summed E-state index contributed by atoms with van der Waals surface area (Å²) in [7, 11) is 1.92. The van der Waals surface area contributed by atoms with Crippen molar-refractivity contribution in [2.75, 3.05) is 12.1 Å². The van der Waals surface area contributed by atoms with Crippen LogP contribution in [0.4, 0.5) is 5.82 Å². The Morgan fingerprint density at radius 2 is 1.97 bits per heavy atom. The zero-order valence-corrected chi connectivity index (χ0v) is 19.0. The molecule has 9 nitrogen and oxygen atoms in total. The van der Waals surface area contributed by atoms with E-state index in [-0.39, 0.29) is 18.6 Å². The molecule has 0 unspecified atom stereocenters. The Labute approximate surface area is 192 Å². The first kappa shape index (κ1) is 21.5. The summed E-state index contributed by atoms with van der Waals surface area (Å²) in [5.74, 6) is 2.25. The van der Waals surface area contributed by atoms with Gasteiger partial charge in [-0.3, -0.25) is 9.48 Å². The van der Waals surface area contributed by atoms with Gasteiger partial charge in [0.25, 0.3) is 0 Å². The molecule has 5 rings (SSSR count). The molecular formula is C24H29N5O4. The predicted molar refractivity (Wildman–Crippen MR) is 123 cm³/mol. The molecule has 1 fully saturated rings. The second-order valence-electron chi connectivity index (χ2n) is 8.88. The number of carboxylic acids is 1. The van der Waals surface area contributed by atoms with Gasteiger partial charge in [0.2, 0.25) is 6.79 Å². The summed E-state index contributed by atoms with van der Waals surface area (Å²) >= 11 is 0. The fourth-order valence-corrected chi connectivity index (χ4v) is 4.80. The van der Waals surface area contributed by atoms with Crippen LogP contribution >= 0.6 is 0 Å². The molecule has 1 aliphatic heterocycles. The van der Waals surface area contributed by atoms with Gasteiger partial charge in [0.05, 0.1) is 11.6 Å². The summed E-state index contributed by atoms with van der Waals surface area (Å²) < 4.78 is 12.8. The Morgan fingerprint density at radius 3 is 2.73 bits per heavy atom. The van der Waals surface area contributed by atoms with Crippen molar-refractivity contribution < 1.29 is 19.4 Å². The van der Waals surface area contributed by atoms with Crippen molar-refractivity contribution in [2.45, 2.75) is 57.9 Å². The van der Waals surface area contributed by atoms with Crippen LogP contribution in [0.15, 0.2) is 18.2 Å². The van der Waals surface area contributed by atoms with Crippen molar-refractivity contribution in [3.63, 3.8) is 0 Å². The summed E-state index contributed by atoms with van der Waals surface area (Å²) in [5.41, 5.74) is 3.81. The van der Waals surface area contributed by atoms with E-state index < -0.39 is 5.97 Å². The van der Waals surface area contributed by atoms with Gasteiger partial charge in [0.1, 0.15) is 16.9 Å². The molecule has 0 radical (unpaired) electrons. The van der Waals surface area contributed by atoms with Crippen LogP contribution in [0.25, 0.3) is 11.0 Å². The number of carboxylic acid groups (broad SMARTS) is 1. The fourth-order valence-electron chi connectivity index (χ4n) is 4.80. The van der Waals surface area contributed by atoms with Crippen LogP contribution in [-0.4, -0.2) is 37.6 Å². The monoisotopic (exact) mass is 451 g/mol. The fraction of sp³-hybridized carbons (Fsp3) is 0.500. The van der Waals surface area contributed by atoms with Gasteiger partial charge in [-0.15, -0.1) is 0 Å². The van der Waals surface area contributed by atoms with Gasteiger partial charge in [0, 0.05) is 19.5 Å². The number of hydrogen-bond acceptors (Lipinski definition) is 7. The Bertz CT molecular complexity index is 1180. The van der Waals surface area contributed by atoms with Crippen LogP contribution in [0.3, 0.4) is 0 Å². The molecule has 2 N–H and O–H groups in total. The summed E-state index contributed by atoms with van der Waals surface area (Å²) in [5, 5.41) is 17.6. The number of carbonyl (C=O) groups is 1. The zero-order valence-electron chi connectivity index (χ0n) is 19.0. The number of fused-ring (bicyclic) bond motifs is 2. The van der Waals surface area contributed by atoms with E-state index in [9.17, 15) is 9.90 Å². The highest BCUT2D eigenvalue weighted by atomic mass is 16.7. The van der Waals surface area contributed by atoms with E-state index in [0.717, 1.165) is 71.1 Å². The SMILES string of the molecule is CCCc1nn(C)c2c(NCc3ccc4c(c3)OCO4)nc(C3CCC(C(=O)O)CC3)nc12. The molecule has 0 atom stereocenters. The molecule has 33 heavy (non-hydrogen) atoms. The molecule has 2 aromatic heterocycles. The van der Waals surface area contributed by atoms with Crippen LogP contribution in [0.2, 0.25) is 0 Å². The van der Waals surface area contributed by atoms with Crippen LogP contribution in [0, 0.1) is 5.92 Å². The van der Waals surface area contributed by atoms with Crippen LogP contribution < -0.4 is 14.8 Å². The van der Waals surface area contributed by atoms with Crippen molar-refractivity contribution in [3.05, 3.63) is 35.3 Å². The lowest BCUT2D eigenvalue weighted by Crippen LogP contribution is -2.21. The Kier molecular flexibility index (Phi) is 5.78. The van der Waals surface area contributed by atoms with E-state index in [1.807, 2.05) is 29.9 Å². The highest BCUT2D eigenvalue weighted by molar-refractivity contribution is 5.87. The van der Waals surface area contributed by atoms with Crippen LogP contribution in [0.5, 0.6) is 11.5 Å².